The van der Waals surface area contributed by atoms with Crippen LogP contribution < -0.4 is 5.32 Å². The van der Waals surface area contributed by atoms with E-state index in [1.165, 1.54) is 18.2 Å². The molecular weight excluding hydrogens is 291 g/mol. The van der Waals surface area contributed by atoms with Gasteiger partial charge in [0.1, 0.15) is 11.6 Å². The van der Waals surface area contributed by atoms with Crippen molar-refractivity contribution in [3.63, 3.8) is 0 Å². The van der Waals surface area contributed by atoms with Crippen molar-refractivity contribution in [3.8, 4) is 0 Å². The number of rotatable bonds is 3. The van der Waals surface area contributed by atoms with Crippen molar-refractivity contribution in [3.05, 3.63) is 63.6 Å². The number of hydrogen-bond acceptors (Lipinski definition) is 1. The zero-order chi connectivity index (χ0) is 14.0. The van der Waals surface area contributed by atoms with E-state index in [2.05, 4.69) is 5.32 Å². The van der Waals surface area contributed by atoms with E-state index in [4.69, 9.17) is 23.2 Å². The summed E-state index contributed by atoms with van der Waals surface area (Å²) in [7, 11) is 0. The van der Waals surface area contributed by atoms with Crippen LogP contribution in [-0.4, -0.2) is 0 Å². The maximum atomic E-state index is 13.6. The summed E-state index contributed by atoms with van der Waals surface area (Å²) in [4.78, 5) is 0. The summed E-state index contributed by atoms with van der Waals surface area (Å²) in [5.74, 6) is -0.914. The van der Waals surface area contributed by atoms with Crippen LogP contribution in [-0.2, 0) is 0 Å². The summed E-state index contributed by atoms with van der Waals surface area (Å²) in [5.41, 5.74) is 1.10. The predicted molar refractivity (Wildman–Crippen MR) is 74.9 cm³/mol. The van der Waals surface area contributed by atoms with Gasteiger partial charge in [0.05, 0.1) is 10.7 Å². The van der Waals surface area contributed by atoms with Crippen molar-refractivity contribution in [1.82, 2.24) is 0 Å². The van der Waals surface area contributed by atoms with Crippen LogP contribution in [0.1, 0.15) is 18.5 Å². The van der Waals surface area contributed by atoms with Crippen LogP contribution in [0.15, 0.2) is 36.4 Å². The highest BCUT2D eigenvalue weighted by Gasteiger charge is 2.10. The molecule has 2 aromatic rings. The van der Waals surface area contributed by atoms with Crippen LogP contribution in [0.3, 0.4) is 0 Å². The Morgan fingerprint density at radius 3 is 2.37 bits per heavy atom. The Kier molecular flexibility index (Phi) is 4.27. The summed E-state index contributed by atoms with van der Waals surface area (Å²) in [6.07, 6.45) is 0. The average molecular weight is 302 g/mol. The van der Waals surface area contributed by atoms with Crippen LogP contribution in [0, 0.1) is 11.6 Å². The van der Waals surface area contributed by atoms with E-state index in [1.807, 2.05) is 6.92 Å². The van der Waals surface area contributed by atoms with Crippen LogP contribution in [0.25, 0.3) is 0 Å². The Morgan fingerprint density at radius 2 is 1.74 bits per heavy atom. The summed E-state index contributed by atoms with van der Waals surface area (Å²) in [5, 5.41) is 3.36. The summed E-state index contributed by atoms with van der Waals surface area (Å²) in [6, 6.07) is 8.57. The zero-order valence-corrected chi connectivity index (χ0v) is 11.6. The number of nitrogens with one attached hydrogen (secondary N) is 1. The van der Waals surface area contributed by atoms with Gasteiger partial charge in [-0.3, -0.25) is 0 Å². The van der Waals surface area contributed by atoms with Gasteiger partial charge in [-0.1, -0.05) is 29.3 Å². The largest absolute Gasteiger partial charge is 0.376 e. The third-order valence-electron chi connectivity index (χ3n) is 2.75. The first kappa shape index (κ1) is 14.1. The van der Waals surface area contributed by atoms with Crippen molar-refractivity contribution in [2.75, 3.05) is 5.32 Å². The molecule has 100 valence electrons. The van der Waals surface area contributed by atoms with E-state index in [0.29, 0.717) is 10.7 Å². The Hall–Kier alpha value is -1.32. The van der Waals surface area contributed by atoms with Gasteiger partial charge in [0.25, 0.3) is 0 Å². The summed E-state index contributed by atoms with van der Waals surface area (Å²) < 4.78 is 26.7. The Morgan fingerprint density at radius 1 is 1.00 bits per heavy atom. The molecule has 0 radical (unpaired) electrons. The standard InChI is InChI=1S/C14H11Cl2F2N/c1-8(9-2-4-12(17)11(16)6-9)19-14-5-3-10(15)7-13(14)18/h2-8,19H,1H3. The van der Waals surface area contributed by atoms with Gasteiger partial charge in [0.2, 0.25) is 0 Å². The van der Waals surface area contributed by atoms with Gasteiger partial charge in [-0.2, -0.15) is 0 Å². The lowest BCUT2D eigenvalue weighted by Gasteiger charge is -2.16. The van der Waals surface area contributed by atoms with Crippen molar-refractivity contribution >= 4 is 28.9 Å². The highest BCUT2D eigenvalue weighted by molar-refractivity contribution is 6.31. The molecule has 0 saturated heterocycles. The second-order valence-corrected chi connectivity index (χ2v) is 5.01. The molecule has 0 bridgehead atoms. The van der Waals surface area contributed by atoms with Crippen LogP contribution >= 0.6 is 23.2 Å². The molecule has 1 atom stereocenters. The lowest BCUT2D eigenvalue weighted by molar-refractivity contribution is 0.624. The first-order chi connectivity index (χ1) is 8.97. The minimum absolute atomic E-state index is 0.0442. The molecule has 2 aromatic carbocycles. The quantitative estimate of drug-likeness (QED) is 0.795. The molecular formula is C14H11Cl2F2N. The fraction of sp³-hybridized carbons (Fsp3) is 0.143. The molecule has 0 amide bonds. The van der Waals surface area contributed by atoms with Crippen molar-refractivity contribution in [2.24, 2.45) is 0 Å². The normalized spacial score (nSPS) is 12.3. The summed E-state index contributed by atoms with van der Waals surface area (Å²) in [6.45, 7) is 1.83. The van der Waals surface area contributed by atoms with Crippen molar-refractivity contribution < 1.29 is 8.78 Å². The summed E-state index contributed by atoms with van der Waals surface area (Å²) >= 11 is 11.4. The molecule has 1 nitrogen and oxygen atoms in total. The van der Waals surface area contributed by atoms with Gasteiger partial charge >= 0.3 is 0 Å². The minimum atomic E-state index is -0.477. The molecule has 1 N–H and O–H groups in total. The molecule has 0 saturated carbocycles. The molecule has 0 aliphatic carbocycles. The fourth-order valence-electron chi connectivity index (χ4n) is 1.70. The number of benzene rings is 2. The predicted octanol–water partition coefficient (Wildman–Crippen LogP) is 5.44. The lowest BCUT2D eigenvalue weighted by atomic mass is 10.1. The number of anilines is 1. The van der Waals surface area contributed by atoms with Gasteiger partial charge in [-0.25, -0.2) is 8.78 Å². The van der Waals surface area contributed by atoms with Crippen molar-refractivity contribution in [2.45, 2.75) is 13.0 Å². The zero-order valence-electron chi connectivity index (χ0n) is 10.1. The molecule has 2 rings (SSSR count). The van der Waals surface area contributed by atoms with E-state index in [1.54, 1.807) is 18.2 Å². The third-order valence-corrected chi connectivity index (χ3v) is 3.27. The topological polar surface area (TPSA) is 12.0 Å². The molecule has 0 spiro atoms. The first-order valence-electron chi connectivity index (χ1n) is 5.64. The number of halogens is 4. The van der Waals surface area contributed by atoms with Crippen molar-refractivity contribution in [1.29, 1.82) is 0 Å². The molecule has 0 aliphatic heterocycles. The molecule has 0 heterocycles. The second kappa shape index (κ2) is 5.76. The molecule has 5 heteroatoms. The van der Waals surface area contributed by atoms with Crippen LogP contribution in [0.5, 0.6) is 0 Å². The van der Waals surface area contributed by atoms with Gasteiger partial charge < -0.3 is 5.32 Å². The molecule has 1 unspecified atom stereocenters. The molecule has 0 aliphatic rings. The van der Waals surface area contributed by atoms with Crippen LogP contribution in [0.2, 0.25) is 10.0 Å². The molecule has 0 fully saturated rings. The minimum Gasteiger partial charge on any atom is -0.376 e. The second-order valence-electron chi connectivity index (χ2n) is 4.16. The monoisotopic (exact) mass is 301 g/mol. The fourth-order valence-corrected chi connectivity index (χ4v) is 2.05. The van der Waals surface area contributed by atoms with Crippen LogP contribution in [0.4, 0.5) is 14.5 Å². The molecule has 0 aromatic heterocycles. The smallest absolute Gasteiger partial charge is 0.147 e. The number of hydrogen-bond donors (Lipinski definition) is 1. The van der Waals surface area contributed by atoms with Gasteiger partial charge in [0.15, 0.2) is 0 Å². The van der Waals surface area contributed by atoms with Gasteiger partial charge in [-0.15, -0.1) is 0 Å². The molecule has 19 heavy (non-hydrogen) atoms. The van der Waals surface area contributed by atoms with E-state index in [-0.39, 0.29) is 11.1 Å². The Labute approximate surface area is 120 Å². The van der Waals surface area contributed by atoms with E-state index in [9.17, 15) is 8.78 Å². The van der Waals surface area contributed by atoms with Gasteiger partial charge in [0, 0.05) is 11.1 Å². The third kappa shape index (κ3) is 3.37. The van der Waals surface area contributed by atoms with E-state index >= 15 is 0 Å². The Balaban J connectivity index is 2.20. The highest BCUT2D eigenvalue weighted by Crippen LogP contribution is 2.26. The lowest BCUT2D eigenvalue weighted by Crippen LogP contribution is -2.08. The first-order valence-corrected chi connectivity index (χ1v) is 6.39. The highest BCUT2D eigenvalue weighted by atomic mass is 35.5. The van der Waals surface area contributed by atoms with E-state index in [0.717, 1.165) is 5.56 Å². The average Bonchev–Trinajstić information content (AvgIpc) is 2.36. The SMILES string of the molecule is CC(Nc1ccc(Cl)cc1F)c1ccc(F)c(Cl)c1. The maximum Gasteiger partial charge on any atom is 0.147 e. The maximum absolute atomic E-state index is 13.6. The Bertz CT molecular complexity index is 602. The van der Waals surface area contributed by atoms with Gasteiger partial charge in [-0.05, 0) is 42.8 Å². The van der Waals surface area contributed by atoms with E-state index < -0.39 is 11.6 Å².